The largest absolute Gasteiger partial charge is 0.449 e. The Balaban J connectivity index is 1.67. The molecule has 0 aliphatic rings. The number of para-hydroxylation sites is 1. The maximum Gasteiger partial charge on any atom is 0.418 e. The first-order valence-electron chi connectivity index (χ1n) is 9.25. The molecule has 0 atom stereocenters. The molecule has 0 bridgehead atoms. The molecule has 3 aromatic rings. The quantitative estimate of drug-likeness (QED) is 0.611. The fourth-order valence-electron chi connectivity index (χ4n) is 3.08. The van der Waals surface area contributed by atoms with Crippen molar-refractivity contribution in [3.8, 4) is 0 Å². The summed E-state index contributed by atoms with van der Waals surface area (Å²) in [6, 6.07) is 14.4. The molecular weight excluding hydrogens is 376 g/mol. The van der Waals surface area contributed by atoms with Gasteiger partial charge in [-0.15, -0.1) is 0 Å². The minimum atomic E-state index is -3.52. The number of ether oxygens (including phenoxy) is 1. The maximum absolute atomic E-state index is 12.4. The number of fused-ring (bicyclic) bond motifs is 1. The number of hydrogen-bond acceptors (Lipinski definition) is 4. The zero-order valence-electron chi connectivity index (χ0n) is 16.0. The second-order valence-electron chi connectivity index (χ2n) is 6.55. The Morgan fingerprint density at radius 1 is 1.11 bits per heavy atom. The molecule has 6 nitrogen and oxygen atoms in total. The van der Waals surface area contributed by atoms with E-state index < -0.39 is 16.1 Å². The molecule has 148 valence electrons. The third kappa shape index (κ3) is 4.43. The van der Waals surface area contributed by atoms with Gasteiger partial charge in [-0.3, -0.25) is 4.57 Å². The molecule has 0 radical (unpaired) electrons. The summed E-state index contributed by atoms with van der Waals surface area (Å²) >= 11 is 0. The molecule has 3 rings (SSSR count). The number of hydrogen-bond donors (Lipinski definition) is 1. The van der Waals surface area contributed by atoms with E-state index in [1.54, 1.807) is 37.4 Å². The molecule has 0 aliphatic heterocycles. The van der Waals surface area contributed by atoms with Crippen LogP contribution in [0.1, 0.15) is 24.5 Å². The Bertz CT molecular complexity index is 1070. The molecule has 1 N–H and O–H groups in total. The number of nitrogens with zero attached hydrogens (tertiary/aromatic N) is 1. The van der Waals surface area contributed by atoms with Crippen molar-refractivity contribution in [2.75, 3.05) is 13.2 Å². The van der Waals surface area contributed by atoms with Crippen LogP contribution in [-0.2, 0) is 21.2 Å². The summed E-state index contributed by atoms with van der Waals surface area (Å²) in [7, 11) is -3.52. The van der Waals surface area contributed by atoms with Gasteiger partial charge in [-0.1, -0.05) is 35.9 Å². The summed E-state index contributed by atoms with van der Waals surface area (Å²) in [6.07, 6.45) is 2.62. The molecule has 28 heavy (non-hydrogen) atoms. The van der Waals surface area contributed by atoms with Gasteiger partial charge in [-0.25, -0.2) is 17.9 Å². The van der Waals surface area contributed by atoms with Gasteiger partial charge in [0.2, 0.25) is 10.0 Å². The first kappa shape index (κ1) is 20.1. The van der Waals surface area contributed by atoms with Crippen LogP contribution in [0.4, 0.5) is 4.79 Å². The van der Waals surface area contributed by atoms with Gasteiger partial charge in [0.15, 0.2) is 0 Å². The fourth-order valence-corrected chi connectivity index (χ4v) is 4.15. The summed E-state index contributed by atoms with van der Waals surface area (Å²) in [5.41, 5.74) is 2.78. The summed E-state index contributed by atoms with van der Waals surface area (Å²) in [5.74, 6) is 0. The number of carbonyl (C=O) groups excluding carboxylic acids is 1. The van der Waals surface area contributed by atoms with Crippen LogP contribution in [0.5, 0.6) is 0 Å². The van der Waals surface area contributed by atoms with E-state index in [-0.39, 0.29) is 4.90 Å². The lowest BCUT2D eigenvalue weighted by atomic mass is 10.1. The Morgan fingerprint density at radius 3 is 2.54 bits per heavy atom. The molecule has 0 aliphatic carbocycles. The summed E-state index contributed by atoms with van der Waals surface area (Å²) in [6.45, 7) is 4.30. The smallest absolute Gasteiger partial charge is 0.418 e. The maximum atomic E-state index is 12.4. The zero-order chi connectivity index (χ0) is 20.1. The molecular formula is C21H24N2O4S. The molecule has 0 fully saturated rings. The second kappa shape index (κ2) is 8.58. The molecule has 2 aromatic carbocycles. The zero-order valence-corrected chi connectivity index (χ0v) is 16.8. The molecule has 0 spiro atoms. The highest BCUT2D eigenvalue weighted by atomic mass is 32.2. The van der Waals surface area contributed by atoms with Gasteiger partial charge in [-0.2, -0.15) is 0 Å². The molecule has 0 unspecified atom stereocenters. The van der Waals surface area contributed by atoms with Crippen LogP contribution in [0.15, 0.2) is 59.6 Å². The topological polar surface area (TPSA) is 77.4 Å². The van der Waals surface area contributed by atoms with Crippen molar-refractivity contribution in [2.24, 2.45) is 0 Å². The van der Waals surface area contributed by atoms with E-state index in [0.717, 1.165) is 22.0 Å². The Labute approximate surface area is 165 Å². The van der Waals surface area contributed by atoms with Crippen LogP contribution in [-0.4, -0.2) is 32.2 Å². The van der Waals surface area contributed by atoms with Crippen LogP contribution in [0, 0.1) is 6.92 Å². The van der Waals surface area contributed by atoms with E-state index >= 15 is 0 Å². The Hall–Kier alpha value is -2.64. The third-order valence-electron chi connectivity index (χ3n) is 4.51. The van der Waals surface area contributed by atoms with Crippen LogP contribution < -0.4 is 4.72 Å². The monoisotopic (exact) mass is 400 g/mol. The van der Waals surface area contributed by atoms with Crippen molar-refractivity contribution < 1.29 is 17.9 Å². The lowest BCUT2D eigenvalue weighted by Crippen LogP contribution is -2.25. The summed E-state index contributed by atoms with van der Waals surface area (Å²) in [4.78, 5) is 12.4. The van der Waals surface area contributed by atoms with E-state index in [4.69, 9.17) is 4.74 Å². The number of nitrogens with one attached hydrogen (secondary N) is 1. The SMILES string of the molecule is CCOC(=O)n1cc(CCCNS(=O)(=O)c2ccc(C)cc2)c2ccccc21. The minimum absolute atomic E-state index is 0.261. The number of rotatable bonds is 7. The van der Waals surface area contributed by atoms with Gasteiger partial charge in [0, 0.05) is 18.1 Å². The number of sulfonamides is 1. The van der Waals surface area contributed by atoms with Crippen molar-refractivity contribution in [3.05, 3.63) is 65.9 Å². The third-order valence-corrected chi connectivity index (χ3v) is 5.98. The number of aryl methyl sites for hydroxylation is 2. The summed E-state index contributed by atoms with van der Waals surface area (Å²) < 4.78 is 34.0. The van der Waals surface area contributed by atoms with Crippen molar-refractivity contribution >= 4 is 27.0 Å². The highest BCUT2D eigenvalue weighted by Gasteiger charge is 2.15. The first-order valence-corrected chi connectivity index (χ1v) is 10.7. The Morgan fingerprint density at radius 2 is 1.82 bits per heavy atom. The molecule has 1 heterocycles. The van der Waals surface area contributed by atoms with E-state index in [0.29, 0.717) is 26.0 Å². The van der Waals surface area contributed by atoms with Crippen molar-refractivity contribution in [1.82, 2.24) is 9.29 Å². The minimum Gasteiger partial charge on any atom is -0.449 e. The average Bonchev–Trinajstić information content (AvgIpc) is 3.05. The standard InChI is InChI=1S/C21H24N2O4S/c1-3-27-21(24)23-15-17(19-8-4-5-9-20(19)23)7-6-14-22-28(25,26)18-12-10-16(2)11-13-18/h4-5,8-13,15,22H,3,6-7,14H2,1-2H3. The average molecular weight is 401 g/mol. The summed E-state index contributed by atoms with van der Waals surface area (Å²) in [5, 5.41) is 0.969. The van der Waals surface area contributed by atoms with Gasteiger partial charge in [0.25, 0.3) is 0 Å². The first-order chi connectivity index (χ1) is 13.4. The van der Waals surface area contributed by atoms with E-state index in [2.05, 4.69) is 4.72 Å². The fraction of sp³-hybridized carbons (Fsp3) is 0.286. The Kier molecular flexibility index (Phi) is 6.16. The van der Waals surface area contributed by atoms with Crippen molar-refractivity contribution in [3.63, 3.8) is 0 Å². The molecule has 7 heteroatoms. The molecule has 1 aromatic heterocycles. The lowest BCUT2D eigenvalue weighted by molar-refractivity contribution is 0.155. The number of benzene rings is 2. The molecule has 0 amide bonds. The van der Waals surface area contributed by atoms with Gasteiger partial charge >= 0.3 is 6.09 Å². The van der Waals surface area contributed by atoms with E-state index in [1.165, 1.54) is 4.57 Å². The van der Waals surface area contributed by atoms with Gasteiger partial charge < -0.3 is 4.74 Å². The van der Waals surface area contributed by atoms with Crippen LogP contribution >= 0.6 is 0 Å². The number of aromatic nitrogens is 1. The van der Waals surface area contributed by atoms with Crippen LogP contribution in [0.25, 0.3) is 10.9 Å². The van der Waals surface area contributed by atoms with Crippen molar-refractivity contribution in [1.29, 1.82) is 0 Å². The highest BCUT2D eigenvalue weighted by Crippen LogP contribution is 2.23. The normalized spacial score (nSPS) is 11.6. The molecule has 0 saturated heterocycles. The molecule has 0 saturated carbocycles. The van der Waals surface area contributed by atoms with Crippen LogP contribution in [0.2, 0.25) is 0 Å². The van der Waals surface area contributed by atoms with Crippen molar-refractivity contribution in [2.45, 2.75) is 31.6 Å². The second-order valence-corrected chi connectivity index (χ2v) is 8.32. The van der Waals surface area contributed by atoms with Gasteiger partial charge in [-0.05, 0) is 50.5 Å². The predicted molar refractivity (Wildman–Crippen MR) is 109 cm³/mol. The van der Waals surface area contributed by atoms with E-state index in [1.807, 2.05) is 31.2 Å². The van der Waals surface area contributed by atoms with E-state index in [9.17, 15) is 13.2 Å². The van der Waals surface area contributed by atoms with Crippen LogP contribution in [0.3, 0.4) is 0 Å². The lowest BCUT2D eigenvalue weighted by Gasteiger charge is -2.07. The van der Waals surface area contributed by atoms with Gasteiger partial charge in [0.1, 0.15) is 0 Å². The highest BCUT2D eigenvalue weighted by molar-refractivity contribution is 7.89. The number of carbonyl (C=O) groups is 1. The van der Waals surface area contributed by atoms with Gasteiger partial charge in [0.05, 0.1) is 17.0 Å². The predicted octanol–water partition coefficient (Wildman–Crippen LogP) is 3.87.